The molecule has 0 bridgehead atoms. The second-order valence-electron chi connectivity index (χ2n) is 5.91. The molecule has 7 nitrogen and oxygen atoms in total. The molecule has 1 fully saturated rings. The van der Waals surface area contributed by atoms with Gasteiger partial charge in [-0.25, -0.2) is 4.68 Å². The van der Waals surface area contributed by atoms with Crippen molar-refractivity contribution < 1.29 is 4.79 Å². The number of hydrogen-bond donors (Lipinski definition) is 1. The minimum atomic E-state index is -0.0682. The first kappa shape index (κ1) is 15.9. The van der Waals surface area contributed by atoms with Crippen LogP contribution in [0, 0.1) is 0 Å². The summed E-state index contributed by atoms with van der Waals surface area (Å²) in [4.78, 5) is 14.6. The van der Waals surface area contributed by atoms with Crippen molar-refractivity contribution in [2.75, 3.05) is 11.9 Å². The SMILES string of the molecule is C[C@@H]1CC[C@@H](C)N1CC(=O)Nc1cc(-n2cnnn2)ccc1Cl. The first-order valence-electron chi connectivity index (χ1n) is 7.63. The summed E-state index contributed by atoms with van der Waals surface area (Å²) in [5.41, 5.74) is 1.29. The Kier molecular flexibility index (Phi) is 4.58. The van der Waals surface area contributed by atoms with Gasteiger partial charge in [-0.05, 0) is 55.3 Å². The minimum absolute atomic E-state index is 0.0682. The van der Waals surface area contributed by atoms with Crippen molar-refractivity contribution in [1.29, 1.82) is 0 Å². The van der Waals surface area contributed by atoms with Crippen LogP contribution in [0.3, 0.4) is 0 Å². The number of aromatic nitrogens is 4. The predicted octanol–water partition coefficient (Wildman–Crippen LogP) is 2.13. The van der Waals surface area contributed by atoms with E-state index in [0.717, 1.165) is 18.5 Å². The summed E-state index contributed by atoms with van der Waals surface area (Å²) in [7, 11) is 0. The van der Waals surface area contributed by atoms with Crippen molar-refractivity contribution in [3.8, 4) is 5.69 Å². The molecule has 122 valence electrons. The van der Waals surface area contributed by atoms with Gasteiger partial charge in [0.1, 0.15) is 6.33 Å². The lowest BCUT2D eigenvalue weighted by atomic mass is 10.2. The van der Waals surface area contributed by atoms with Crippen LogP contribution in [0.25, 0.3) is 5.69 Å². The van der Waals surface area contributed by atoms with Crippen molar-refractivity contribution in [1.82, 2.24) is 25.1 Å². The van der Waals surface area contributed by atoms with Crippen LogP contribution in [0.15, 0.2) is 24.5 Å². The number of rotatable bonds is 4. The van der Waals surface area contributed by atoms with Crippen LogP contribution in [-0.2, 0) is 4.79 Å². The summed E-state index contributed by atoms with van der Waals surface area (Å²) in [5.74, 6) is -0.0682. The van der Waals surface area contributed by atoms with E-state index in [0.29, 0.717) is 29.3 Å². The van der Waals surface area contributed by atoms with Crippen molar-refractivity contribution in [2.24, 2.45) is 0 Å². The van der Waals surface area contributed by atoms with E-state index < -0.39 is 0 Å². The average molecular weight is 335 g/mol. The van der Waals surface area contributed by atoms with Gasteiger partial charge in [0.15, 0.2) is 0 Å². The molecular weight excluding hydrogens is 316 g/mol. The number of carbonyl (C=O) groups excluding carboxylic acids is 1. The molecule has 2 heterocycles. The second-order valence-corrected chi connectivity index (χ2v) is 6.32. The van der Waals surface area contributed by atoms with Crippen LogP contribution >= 0.6 is 11.6 Å². The maximum atomic E-state index is 12.4. The monoisotopic (exact) mass is 334 g/mol. The molecule has 1 aromatic carbocycles. The molecule has 1 saturated heterocycles. The molecular formula is C15H19ClN6O. The highest BCUT2D eigenvalue weighted by atomic mass is 35.5. The van der Waals surface area contributed by atoms with Crippen LogP contribution in [0.5, 0.6) is 0 Å². The Labute approximate surface area is 139 Å². The number of halogens is 1. The van der Waals surface area contributed by atoms with E-state index in [1.165, 1.54) is 11.0 Å². The number of benzene rings is 1. The molecule has 0 spiro atoms. The zero-order valence-corrected chi connectivity index (χ0v) is 13.9. The molecule has 8 heteroatoms. The Bertz CT molecular complexity index is 679. The van der Waals surface area contributed by atoms with Gasteiger partial charge in [-0.2, -0.15) is 0 Å². The van der Waals surface area contributed by atoms with Crippen LogP contribution in [-0.4, -0.2) is 49.6 Å². The van der Waals surface area contributed by atoms with Gasteiger partial charge in [0.25, 0.3) is 0 Å². The molecule has 1 aliphatic rings. The lowest BCUT2D eigenvalue weighted by molar-refractivity contribution is -0.117. The van der Waals surface area contributed by atoms with Crippen LogP contribution in [0.2, 0.25) is 5.02 Å². The predicted molar refractivity (Wildman–Crippen MR) is 87.7 cm³/mol. The van der Waals surface area contributed by atoms with Crippen molar-refractivity contribution in [3.63, 3.8) is 0 Å². The van der Waals surface area contributed by atoms with E-state index in [1.807, 2.05) is 0 Å². The molecule has 2 aromatic rings. The van der Waals surface area contributed by atoms with Gasteiger partial charge in [0, 0.05) is 12.1 Å². The summed E-state index contributed by atoms with van der Waals surface area (Å²) in [6.45, 7) is 4.68. The molecule has 1 aromatic heterocycles. The fourth-order valence-corrected chi connectivity index (χ4v) is 3.11. The number of likely N-dealkylation sites (tertiary alicyclic amines) is 1. The Morgan fingerprint density at radius 3 is 2.74 bits per heavy atom. The first-order valence-corrected chi connectivity index (χ1v) is 8.01. The standard InChI is InChI=1S/C15H19ClN6O/c1-10-3-4-11(2)21(10)8-15(23)18-14-7-12(5-6-13(14)16)22-9-17-19-20-22/h5-7,9-11H,3-4,8H2,1-2H3,(H,18,23)/t10-,11-/m1/s1. The number of carbonyl (C=O) groups is 1. The van der Waals surface area contributed by atoms with Gasteiger partial charge < -0.3 is 5.32 Å². The molecule has 23 heavy (non-hydrogen) atoms. The Balaban J connectivity index is 1.72. The Hall–Kier alpha value is -1.99. The maximum Gasteiger partial charge on any atom is 0.238 e. The van der Waals surface area contributed by atoms with Gasteiger partial charge in [-0.3, -0.25) is 9.69 Å². The van der Waals surface area contributed by atoms with Gasteiger partial charge in [0.2, 0.25) is 5.91 Å². The molecule has 1 N–H and O–H groups in total. The Morgan fingerprint density at radius 1 is 1.35 bits per heavy atom. The average Bonchev–Trinajstić information content (AvgIpc) is 3.15. The van der Waals surface area contributed by atoms with E-state index in [2.05, 4.69) is 39.6 Å². The summed E-state index contributed by atoms with van der Waals surface area (Å²) in [5, 5.41) is 14.4. The molecule has 3 rings (SSSR count). The number of anilines is 1. The van der Waals surface area contributed by atoms with E-state index in [1.54, 1.807) is 18.2 Å². The van der Waals surface area contributed by atoms with Crippen LogP contribution in [0.4, 0.5) is 5.69 Å². The van der Waals surface area contributed by atoms with Crippen molar-refractivity contribution in [3.05, 3.63) is 29.5 Å². The smallest absolute Gasteiger partial charge is 0.238 e. The second kappa shape index (κ2) is 6.64. The van der Waals surface area contributed by atoms with Gasteiger partial charge >= 0.3 is 0 Å². The topological polar surface area (TPSA) is 75.9 Å². The third-order valence-electron chi connectivity index (χ3n) is 4.30. The highest BCUT2D eigenvalue weighted by Crippen LogP contribution is 2.26. The summed E-state index contributed by atoms with van der Waals surface area (Å²) in [6, 6.07) is 6.12. The third kappa shape index (κ3) is 3.51. The van der Waals surface area contributed by atoms with Gasteiger partial charge in [-0.1, -0.05) is 11.6 Å². The molecule has 0 unspecified atom stereocenters. The van der Waals surface area contributed by atoms with Crippen molar-refractivity contribution >= 4 is 23.2 Å². The number of nitrogens with zero attached hydrogens (tertiary/aromatic N) is 5. The van der Waals surface area contributed by atoms with E-state index in [9.17, 15) is 4.79 Å². The van der Waals surface area contributed by atoms with E-state index in [4.69, 9.17) is 11.6 Å². The lowest BCUT2D eigenvalue weighted by Crippen LogP contribution is -2.39. The lowest BCUT2D eigenvalue weighted by Gasteiger charge is -2.25. The highest BCUT2D eigenvalue weighted by Gasteiger charge is 2.28. The van der Waals surface area contributed by atoms with Gasteiger partial charge in [0.05, 0.1) is 22.9 Å². The highest BCUT2D eigenvalue weighted by molar-refractivity contribution is 6.33. The van der Waals surface area contributed by atoms with Crippen molar-refractivity contribution in [2.45, 2.75) is 38.8 Å². The molecule has 1 aliphatic heterocycles. The quantitative estimate of drug-likeness (QED) is 0.927. The zero-order chi connectivity index (χ0) is 16.4. The van der Waals surface area contributed by atoms with Gasteiger partial charge in [-0.15, -0.1) is 5.10 Å². The third-order valence-corrected chi connectivity index (χ3v) is 4.63. The molecule has 2 atom stereocenters. The maximum absolute atomic E-state index is 12.4. The minimum Gasteiger partial charge on any atom is -0.324 e. The largest absolute Gasteiger partial charge is 0.324 e. The Morgan fingerprint density at radius 2 is 2.09 bits per heavy atom. The van der Waals surface area contributed by atoms with Crippen LogP contribution in [0.1, 0.15) is 26.7 Å². The zero-order valence-electron chi connectivity index (χ0n) is 13.1. The molecule has 0 aliphatic carbocycles. The number of hydrogen-bond acceptors (Lipinski definition) is 5. The number of nitrogens with one attached hydrogen (secondary N) is 1. The summed E-state index contributed by atoms with van der Waals surface area (Å²) >= 11 is 6.19. The first-order chi connectivity index (χ1) is 11.0. The number of amides is 1. The summed E-state index contributed by atoms with van der Waals surface area (Å²) in [6.07, 6.45) is 3.75. The summed E-state index contributed by atoms with van der Waals surface area (Å²) < 4.78 is 1.51. The number of tetrazole rings is 1. The fraction of sp³-hybridized carbons (Fsp3) is 0.467. The van der Waals surface area contributed by atoms with Crippen LogP contribution < -0.4 is 5.32 Å². The molecule has 0 saturated carbocycles. The molecule has 0 radical (unpaired) electrons. The van der Waals surface area contributed by atoms with E-state index in [-0.39, 0.29) is 5.91 Å². The van der Waals surface area contributed by atoms with E-state index >= 15 is 0 Å². The fourth-order valence-electron chi connectivity index (χ4n) is 2.95. The molecule has 1 amide bonds. The normalized spacial score (nSPS) is 21.5.